The highest BCUT2D eigenvalue weighted by molar-refractivity contribution is 5.97. The average molecular weight is 365 g/mol. The van der Waals surface area contributed by atoms with Gasteiger partial charge in [0.1, 0.15) is 5.75 Å². The van der Waals surface area contributed by atoms with E-state index in [0.29, 0.717) is 11.3 Å². The van der Waals surface area contributed by atoms with Gasteiger partial charge in [0, 0.05) is 50.6 Å². The Bertz CT molecular complexity index is 776. The zero-order valence-electron chi connectivity index (χ0n) is 15.9. The number of hydrogen-bond donors (Lipinski definition) is 0. The molecule has 2 fully saturated rings. The highest BCUT2D eigenvalue weighted by atomic mass is 16.5. The molecule has 0 radical (unpaired) electrons. The second-order valence-corrected chi connectivity index (χ2v) is 7.19. The minimum absolute atomic E-state index is 0.0523. The summed E-state index contributed by atoms with van der Waals surface area (Å²) < 4.78 is 5.34. The number of methoxy groups -OCH3 is 1. The van der Waals surface area contributed by atoms with Crippen LogP contribution in [-0.4, -0.2) is 57.2 Å². The van der Waals surface area contributed by atoms with E-state index in [1.165, 1.54) is 37.3 Å². The summed E-state index contributed by atoms with van der Waals surface area (Å²) >= 11 is 0. The molecule has 0 spiro atoms. The van der Waals surface area contributed by atoms with Crippen molar-refractivity contribution in [2.45, 2.75) is 12.8 Å². The molecule has 0 unspecified atom stereocenters. The highest BCUT2D eigenvalue weighted by Crippen LogP contribution is 2.25. The van der Waals surface area contributed by atoms with Gasteiger partial charge in [-0.25, -0.2) is 0 Å². The standard InChI is InChI=1S/C22H27N3O2/c1-27-21-7-3-2-6-20(21)22(26)25-16-14-24(15-17-25)19-10-8-18(9-11-19)23-12-4-5-13-23/h2-3,6-11H,4-5,12-17H2,1H3. The Morgan fingerprint density at radius 2 is 1.33 bits per heavy atom. The van der Waals surface area contributed by atoms with Gasteiger partial charge >= 0.3 is 0 Å². The maximum atomic E-state index is 12.8. The van der Waals surface area contributed by atoms with Gasteiger partial charge in [-0.2, -0.15) is 0 Å². The lowest BCUT2D eigenvalue weighted by atomic mass is 10.1. The van der Waals surface area contributed by atoms with Gasteiger partial charge in [-0.3, -0.25) is 4.79 Å². The molecule has 5 nitrogen and oxygen atoms in total. The number of hydrogen-bond acceptors (Lipinski definition) is 4. The zero-order valence-corrected chi connectivity index (χ0v) is 15.9. The van der Waals surface area contributed by atoms with Crippen LogP contribution in [0.15, 0.2) is 48.5 Å². The maximum Gasteiger partial charge on any atom is 0.257 e. The third-order valence-corrected chi connectivity index (χ3v) is 5.59. The summed E-state index contributed by atoms with van der Waals surface area (Å²) in [4.78, 5) is 19.6. The van der Waals surface area contributed by atoms with Crippen molar-refractivity contribution in [3.05, 3.63) is 54.1 Å². The number of carbonyl (C=O) groups is 1. The Hall–Kier alpha value is -2.69. The van der Waals surface area contributed by atoms with Crippen LogP contribution in [0.25, 0.3) is 0 Å². The lowest BCUT2D eigenvalue weighted by Gasteiger charge is -2.36. The minimum Gasteiger partial charge on any atom is -0.496 e. The molecule has 2 saturated heterocycles. The van der Waals surface area contributed by atoms with Crippen LogP contribution in [-0.2, 0) is 0 Å². The van der Waals surface area contributed by atoms with E-state index in [1.807, 2.05) is 29.2 Å². The Balaban J connectivity index is 1.38. The van der Waals surface area contributed by atoms with Crippen LogP contribution in [0, 0.1) is 0 Å². The van der Waals surface area contributed by atoms with Crippen LogP contribution < -0.4 is 14.5 Å². The maximum absolute atomic E-state index is 12.8. The van der Waals surface area contributed by atoms with E-state index < -0.39 is 0 Å². The van der Waals surface area contributed by atoms with Gasteiger partial charge in [0.15, 0.2) is 0 Å². The molecule has 0 saturated carbocycles. The van der Waals surface area contributed by atoms with Crippen molar-refractivity contribution < 1.29 is 9.53 Å². The van der Waals surface area contributed by atoms with Crippen molar-refractivity contribution >= 4 is 17.3 Å². The predicted molar refractivity (Wildman–Crippen MR) is 109 cm³/mol. The van der Waals surface area contributed by atoms with Crippen LogP contribution in [0.3, 0.4) is 0 Å². The van der Waals surface area contributed by atoms with Crippen molar-refractivity contribution in [2.75, 3.05) is 56.2 Å². The van der Waals surface area contributed by atoms with E-state index in [2.05, 4.69) is 34.1 Å². The van der Waals surface area contributed by atoms with Gasteiger partial charge in [-0.05, 0) is 49.2 Å². The topological polar surface area (TPSA) is 36.0 Å². The highest BCUT2D eigenvalue weighted by Gasteiger charge is 2.24. The van der Waals surface area contributed by atoms with E-state index in [0.717, 1.165) is 26.2 Å². The molecule has 0 aromatic heterocycles. The van der Waals surface area contributed by atoms with Gasteiger partial charge in [0.25, 0.3) is 5.91 Å². The molecule has 2 heterocycles. The van der Waals surface area contributed by atoms with Crippen molar-refractivity contribution in [2.24, 2.45) is 0 Å². The number of carbonyl (C=O) groups excluding carboxylic acids is 1. The summed E-state index contributed by atoms with van der Waals surface area (Å²) in [6.07, 6.45) is 2.59. The van der Waals surface area contributed by atoms with Crippen LogP contribution in [0.1, 0.15) is 23.2 Å². The van der Waals surface area contributed by atoms with Crippen molar-refractivity contribution in [3.63, 3.8) is 0 Å². The second-order valence-electron chi connectivity index (χ2n) is 7.19. The van der Waals surface area contributed by atoms with Gasteiger partial charge in [-0.1, -0.05) is 12.1 Å². The zero-order chi connectivity index (χ0) is 18.6. The Labute approximate surface area is 161 Å². The molecule has 2 aromatic rings. The third-order valence-electron chi connectivity index (χ3n) is 5.59. The number of benzene rings is 2. The third kappa shape index (κ3) is 3.72. The number of rotatable bonds is 4. The largest absolute Gasteiger partial charge is 0.496 e. The quantitative estimate of drug-likeness (QED) is 0.833. The summed E-state index contributed by atoms with van der Waals surface area (Å²) in [7, 11) is 1.61. The molecule has 0 atom stereocenters. The summed E-state index contributed by atoms with van der Waals surface area (Å²) in [5, 5.41) is 0. The first kappa shape index (κ1) is 17.7. The molecule has 2 aromatic carbocycles. The lowest BCUT2D eigenvalue weighted by molar-refractivity contribution is 0.0743. The predicted octanol–water partition coefficient (Wildman–Crippen LogP) is 3.26. The van der Waals surface area contributed by atoms with E-state index in [-0.39, 0.29) is 5.91 Å². The first-order valence-corrected chi connectivity index (χ1v) is 9.78. The fraction of sp³-hybridized carbons (Fsp3) is 0.409. The molecule has 5 heteroatoms. The fourth-order valence-electron chi connectivity index (χ4n) is 4.01. The van der Waals surface area contributed by atoms with Crippen molar-refractivity contribution in [1.82, 2.24) is 4.90 Å². The van der Waals surface area contributed by atoms with Crippen LogP contribution in [0.4, 0.5) is 11.4 Å². The van der Waals surface area contributed by atoms with Crippen LogP contribution >= 0.6 is 0 Å². The Morgan fingerprint density at radius 1 is 0.778 bits per heavy atom. The van der Waals surface area contributed by atoms with E-state index in [1.54, 1.807) is 7.11 Å². The smallest absolute Gasteiger partial charge is 0.257 e. The van der Waals surface area contributed by atoms with E-state index >= 15 is 0 Å². The molecule has 1 amide bonds. The van der Waals surface area contributed by atoms with Crippen molar-refractivity contribution in [1.29, 1.82) is 0 Å². The number of amides is 1. The molecule has 0 N–H and O–H groups in total. The molecule has 0 aliphatic carbocycles. The Morgan fingerprint density at radius 3 is 1.93 bits per heavy atom. The van der Waals surface area contributed by atoms with Gasteiger partial charge in [0.2, 0.25) is 0 Å². The first-order valence-electron chi connectivity index (χ1n) is 9.78. The normalized spacial score (nSPS) is 17.3. The van der Waals surface area contributed by atoms with Gasteiger partial charge < -0.3 is 19.4 Å². The van der Waals surface area contributed by atoms with Crippen LogP contribution in [0.5, 0.6) is 5.75 Å². The van der Waals surface area contributed by atoms with E-state index in [9.17, 15) is 4.79 Å². The van der Waals surface area contributed by atoms with Gasteiger partial charge in [-0.15, -0.1) is 0 Å². The molecule has 2 aliphatic rings. The molecule has 142 valence electrons. The fourth-order valence-corrected chi connectivity index (χ4v) is 4.01. The number of nitrogens with zero attached hydrogens (tertiary/aromatic N) is 3. The summed E-state index contributed by atoms with van der Waals surface area (Å²) in [6.45, 7) is 5.50. The molecule has 27 heavy (non-hydrogen) atoms. The second kappa shape index (κ2) is 7.91. The molecular formula is C22H27N3O2. The number of anilines is 2. The number of piperazine rings is 1. The first-order chi connectivity index (χ1) is 13.3. The monoisotopic (exact) mass is 365 g/mol. The lowest BCUT2D eigenvalue weighted by Crippen LogP contribution is -2.48. The summed E-state index contributed by atoms with van der Waals surface area (Å²) in [5.41, 5.74) is 3.20. The number of para-hydroxylation sites is 1. The Kier molecular flexibility index (Phi) is 5.19. The SMILES string of the molecule is COc1ccccc1C(=O)N1CCN(c2ccc(N3CCCC3)cc2)CC1. The average Bonchev–Trinajstić information content (AvgIpc) is 3.28. The molecule has 2 aliphatic heterocycles. The molecule has 4 rings (SSSR count). The minimum atomic E-state index is 0.0523. The summed E-state index contributed by atoms with van der Waals surface area (Å²) in [6, 6.07) is 16.3. The van der Waals surface area contributed by atoms with Gasteiger partial charge in [0.05, 0.1) is 12.7 Å². The summed E-state index contributed by atoms with van der Waals surface area (Å²) in [5.74, 6) is 0.693. The van der Waals surface area contributed by atoms with E-state index in [4.69, 9.17) is 4.74 Å². The molecule has 0 bridgehead atoms. The van der Waals surface area contributed by atoms with Crippen LogP contribution in [0.2, 0.25) is 0 Å². The van der Waals surface area contributed by atoms with Crippen molar-refractivity contribution in [3.8, 4) is 5.75 Å². The number of ether oxygens (including phenoxy) is 1. The molecular weight excluding hydrogens is 338 g/mol.